The lowest BCUT2D eigenvalue weighted by atomic mass is 10.1. The minimum absolute atomic E-state index is 0.264. The van der Waals surface area contributed by atoms with Crippen molar-refractivity contribution in [3.05, 3.63) is 35.4 Å². The molecule has 0 heterocycles. The predicted molar refractivity (Wildman–Crippen MR) is 241 cm³/mol. The standard InChI is InChI=1S/C50H92N2O4/c1-5-9-13-17-21-25-29-35-41-51(42-36-30-26-22-18-14-10-6-2)45-55-49(53)47-39-33-34-40-48(47)50(54)56-46-52(43-37-31-27-23-19-15-11-7-3)44-38-32-28-24-20-16-12-8-4/h33-34,39-40H,5-32,35-38,41-46H2,1-4H3. The number of carbonyl (C=O) groups is 2. The van der Waals surface area contributed by atoms with Gasteiger partial charge in [-0.15, -0.1) is 0 Å². The SMILES string of the molecule is CCCCCCCCCCN(CCCCCCCCCC)COC(=O)c1ccccc1C(=O)OCN(CCCCCCCCCC)CCCCCCCCCC. The van der Waals surface area contributed by atoms with Gasteiger partial charge in [-0.05, 0) is 37.8 Å². The van der Waals surface area contributed by atoms with Crippen LogP contribution in [-0.4, -0.2) is 61.4 Å². The molecule has 0 N–H and O–H groups in total. The van der Waals surface area contributed by atoms with Gasteiger partial charge in [0.25, 0.3) is 0 Å². The molecule has 0 aromatic heterocycles. The Morgan fingerprint density at radius 2 is 0.571 bits per heavy atom. The van der Waals surface area contributed by atoms with Crippen molar-refractivity contribution >= 4 is 11.9 Å². The van der Waals surface area contributed by atoms with Crippen molar-refractivity contribution in [1.82, 2.24) is 9.80 Å². The van der Waals surface area contributed by atoms with E-state index in [2.05, 4.69) is 37.5 Å². The number of benzene rings is 1. The summed E-state index contributed by atoms with van der Waals surface area (Å²) in [7, 11) is 0. The first-order valence-corrected chi connectivity index (χ1v) is 24.4. The maximum Gasteiger partial charge on any atom is 0.340 e. The molecule has 0 aliphatic carbocycles. The Balaban J connectivity index is 2.72. The Bertz CT molecular complexity index is 898. The molecule has 0 radical (unpaired) electrons. The Morgan fingerprint density at radius 3 is 0.804 bits per heavy atom. The van der Waals surface area contributed by atoms with E-state index in [9.17, 15) is 9.59 Å². The van der Waals surface area contributed by atoms with Gasteiger partial charge in [0.2, 0.25) is 0 Å². The highest BCUT2D eigenvalue weighted by Crippen LogP contribution is 2.16. The highest BCUT2D eigenvalue weighted by atomic mass is 16.6. The van der Waals surface area contributed by atoms with E-state index in [-0.39, 0.29) is 13.5 Å². The van der Waals surface area contributed by atoms with Crippen molar-refractivity contribution < 1.29 is 19.1 Å². The van der Waals surface area contributed by atoms with Gasteiger partial charge in [0.1, 0.15) is 13.5 Å². The molecule has 0 fully saturated rings. The third-order valence-corrected chi connectivity index (χ3v) is 11.4. The number of rotatable bonds is 42. The lowest BCUT2D eigenvalue weighted by Gasteiger charge is -2.23. The minimum atomic E-state index is -0.441. The summed E-state index contributed by atoms with van der Waals surface area (Å²) in [5, 5.41) is 0. The van der Waals surface area contributed by atoms with Crippen LogP contribution in [0, 0.1) is 0 Å². The van der Waals surface area contributed by atoms with Gasteiger partial charge in [0.05, 0.1) is 11.1 Å². The number of unbranched alkanes of at least 4 members (excludes halogenated alkanes) is 28. The molecule has 56 heavy (non-hydrogen) atoms. The van der Waals surface area contributed by atoms with Crippen LogP contribution < -0.4 is 0 Å². The van der Waals surface area contributed by atoms with Gasteiger partial charge in [-0.25, -0.2) is 9.59 Å². The van der Waals surface area contributed by atoms with Crippen LogP contribution in [0.25, 0.3) is 0 Å². The smallest absolute Gasteiger partial charge is 0.340 e. The highest BCUT2D eigenvalue weighted by Gasteiger charge is 2.21. The van der Waals surface area contributed by atoms with Gasteiger partial charge >= 0.3 is 11.9 Å². The largest absolute Gasteiger partial charge is 0.446 e. The van der Waals surface area contributed by atoms with E-state index in [1.807, 2.05) is 12.1 Å². The molecule has 0 aliphatic rings. The fraction of sp³-hybridized carbons (Fsp3) is 0.840. The molecule has 6 heteroatoms. The van der Waals surface area contributed by atoms with Crippen LogP contribution in [0.5, 0.6) is 0 Å². The van der Waals surface area contributed by atoms with E-state index in [1.54, 1.807) is 12.1 Å². The van der Waals surface area contributed by atoms with Crippen molar-refractivity contribution in [2.75, 3.05) is 39.6 Å². The number of ether oxygens (including phenoxy) is 2. The summed E-state index contributed by atoms with van der Waals surface area (Å²) in [5.41, 5.74) is 0.601. The molecule has 0 bridgehead atoms. The number of hydrogen-bond acceptors (Lipinski definition) is 6. The number of nitrogens with zero attached hydrogens (tertiary/aromatic N) is 2. The molecule has 0 saturated heterocycles. The predicted octanol–water partition coefficient (Wildman–Crippen LogP) is 15.1. The zero-order valence-electron chi connectivity index (χ0n) is 37.7. The van der Waals surface area contributed by atoms with Crippen molar-refractivity contribution in [2.24, 2.45) is 0 Å². The van der Waals surface area contributed by atoms with Crippen molar-refractivity contribution in [1.29, 1.82) is 0 Å². The summed E-state index contributed by atoms with van der Waals surface area (Å²) in [5.74, 6) is -0.881. The number of esters is 2. The van der Waals surface area contributed by atoms with Crippen LogP contribution in [0.2, 0.25) is 0 Å². The molecule has 0 saturated carbocycles. The summed E-state index contributed by atoms with van der Waals surface area (Å²) < 4.78 is 11.9. The molecule has 0 amide bonds. The summed E-state index contributed by atoms with van der Waals surface area (Å²) >= 11 is 0. The Kier molecular flexibility index (Phi) is 37.1. The Labute approximate surface area is 348 Å². The van der Waals surface area contributed by atoms with E-state index >= 15 is 0 Å². The van der Waals surface area contributed by atoms with Crippen LogP contribution >= 0.6 is 0 Å². The second-order valence-corrected chi connectivity index (χ2v) is 16.8. The Morgan fingerprint density at radius 1 is 0.357 bits per heavy atom. The Hall–Kier alpha value is -1.92. The van der Waals surface area contributed by atoms with E-state index in [1.165, 1.54) is 180 Å². The molecule has 0 atom stereocenters. The van der Waals surface area contributed by atoms with E-state index in [4.69, 9.17) is 9.47 Å². The van der Waals surface area contributed by atoms with Gasteiger partial charge in [0, 0.05) is 26.2 Å². The molecule has 0 aliphatic heterocycles. The summed E-state index contributed by atoms with van der Waals surface area (Å²) in [4.78, 5) is 31.7. The van der Waals surface area contributed by atoms with Gasteiger partial charge in [-0.1, -0.05) is 220 Å². The fourth-order valence-electron chi connectivity index (χ4n) is 7.65. The number of hydrogen-bond donors (Lipinski definition) is 0. The van der Waals surface area contributed by atoms with Crippen LogP contribution in [0.15, 0.2) is 24.3 Å². The monoisotopic (exact) mass is 785 g/mol. The number of carbonyl (C=O) groups excluding carboxylic acids is 2. The quantitative estimate of drug-likeness (QED) is 0.0374. The molecular weight excluding hydrogens is 693 g/mol. The zero-order valence-corrected chi connectivity index (χ0v) is 37.7. The van der Waals surface area contributed by atoms with E-state index in [0.717, 1.165) is 51.9 Å². The molecule has 0 spiro atoms. The second kappa shape index (κ2) is 39.9. The van der Waals surface area contributed by atoms with Crippen LogP contribution in [0.4, 0.5) is 0 Å². The lowest BCUT2D eigenvalue weighted by Crippen LogP contribution is -2.31. The molecule has 0 unspecified atom stereocenters. The van der Waals surface area contributed by atoms with Gasteiger partial charge in [-0.3, -0.25) is 9.80 Å². The van der Waals surface area contributed by atoms with Gasteiger partial charge in [-0.2, -0.15) is 0 Å². The van der Waals surface area contributed by atoms with Crippen LogP contribution in [-0.2, 0) is 9.47 Å². The van der Waals surface area contributed by atoms with Gasteiger partial charge in [0.15, 0.2) is 0 Å². The van der Waals surface area contributed by atoms with E-state index < -0.39 is 11.9 Å². The van der Waals surface area contributed by atoms with Crippen molar-refractivity contribution in [2.45, 2.75) is 233 Å². The molecular formula is C50H92N2O4. The average molecular weight is 785 g/mol. The molecule has 1 rings (SSSR count). The van der Waals surface area contributed by atoms with Gasteiger partial charge < -0.3 is 9.47 Å². The van der Waals surface area contributed by atoms with Crippen LogP contribution in [0.3, 0.4) is 0 Å². The molecule has 6 nitrogen and oxygen atoms in total. The van der Waals surface area contributed by atoms with Crippen molar-refractivity contribution in [3.63, 3.8) is 0 Å². The summed E-state index contributed by atoms with van der Waals surface area (Å²) in [6.07, 6.45) is 41.0. The van der Waals surface area contributed by atoms with E-state index in [0.29, 0.717) is 11.1 Å². The summed E-state index contributed by atoms with van der Waals surface area (Å²) in [6, 6.07) is 7.03. The second-order valence-electron chi connectivity index (χ2n) is 16.8. The molecule has 1 aromatic rings. The maximum atomic E-state index is 13.5. The topological polar surface area (TPSA) is 59.1 Å². The normalized spacial score (nSPS) is 11.5. The average Bonchev–Trinajstić information content (AvgIpc) is 3.21. The third-order valence-electron chi connectivity index (χ3n) is 11.4. The first kappa shape index (κ1) is 52.1. The molecule has 326 valence electrons. The first-order chi connectivity index (χ1) is 27.6. The van der Waals surface area contributed by atoms with Crippen molar-refractivity contribution in [3.8, 4) is 0 Å². The minimum Gasteiger partial charge on any atom is -0.446 e. The first-order valence-electron chi connectivity index (χ1n) is 24.4. The third kappa shape index (κ3) is 30.2. The lowest BCUT2D eigenvalue weighted by molar-refractivity contribution is 0.0164. The maximum absolute atomic E-state index is 13.5. The summed E-state index contributed by atoms with van der Waals surface area (Å²) in [6.45, 7) is 13.4. The zero-order chi connectivity index (χ0) is 40.6. The highest BCUT2D eigenvalue weighted by molar-refractivity contribution is 6.03. The van der Waals surface area contributed by atoms with Crippen LogP contribution in [0.1, 0.15) is 254 Å². The molecule has 1 aromatic carbocycles. The fourth-order valence-corrected chi connectivity index (χ4v) is 7.65.